The number of sulfone groups is 1. The highest BCUT2D eigenvalue weighted by molar-refractivity contribution is 7.90. The third kappa shape index (κ3) is 4.04. The number of methoxy groups -OCH3 is 1. The summed E-state index contributed by atoms with van der Waals surface area (Å²) in [5, 5.41) is 19.9. The van der Waals surface area contributed by atoms with Crippen LogP contribution in [-0.2, 0) is 25.7 Å². The quantitative estimate of drug-likeness (QED) is 0.656. The highest BCUT2D eigenvalue weighted by Gasteiger charge is 2.43. The van der Waals surface area contributed by atoms with Crippen LogP contribution in [0, 0.1) is 17.1 Å². The van der Waals surface area contributed by atoms with E-state index in [1.54, 1.807) is 0 Å². The molecule has 0 spiro atoms. The predicted molar refractivity (Wildman–Crippen MR) is 111 cm³/mol. The zero-order valence-corrected chi connectivity index (χ0v) is 18.7. The molecule has 4 rings (SSSR count). The van der Waals surface area contributed by atoms with Crippen molar-refractivity contribution in [2.45, 2.75) is 48.2 Å². The number of hydrogen-bond donors (Lipinski definition) is 1. The standard InChI is InChI=1S/C23H22F3NO5S/c1-31-10-32-23-18(26)8-15-13(3-4-19(21(15)23)33(2,29)30)14-7-17(25)22(28)16-6-12(24)5-11(9-27)20(14)16/h3-6,14,17-18,22-23,28H,7-8,10H2,1-2H3/t14-,17-,18-,22+,23-/m1/s1. The average Bonchev–Trinajstić information content (AvgIpc) is 3.08. The summed E-state index contributed by atoms with van der Waals surface area (Å²) in [6.45, 7) is -0.263. The molecule has 0 aromatic heterocycles. The first kappa shape index (κ1) is 23.7. The van der Waals surface area contributed by atoms with Crippen molar-refractivity contribution >= 4 is 9.84 Å². The van der Waals surface area contributed by atoms with Gasteiger partial charge in [-0.3, -0.25) is 0 Å². The van der Waals surface area contributed by atoms with Crippen LogP contribution in [0.5, 0.6) is 0 Å². The van der Waals surface area contributed by atoms with Crippen LogP contribution in [0.25, 0.3) is 0 Å². The van der Waals surface area contributed by atoms with Gasteiger partial charge in [-0.05, 0) is 46.9 Å². The van der Waals surface area contributed by atoms with E-state index < -0.39 is 46.1 Å². The van der Waals surface area contributed by atoms with Crippen molar-refractivity contribution in [3.8, 4) is 6.07 Å². The molecule has 1 N–H and O–H groups in total. The Bertz CT molecular complexity index is 1240. The van der Waals surface area contributed by atoms with Gasteiger partial charge in [0.25, 0.3) is 0 Å². The maximum Gasteiger partial charge on any atom is 0.175 e. The molecular weight excluding hydrogens is 459 g/mol. The van der Waals surface area contributed by atoms with E-state index in [0.717, 1.165) is 18.4 Å². The molecule has 0 saturated carbocycles. The first-order valence-electron chi connectivity index (χ1n) is 10.2. The van der Waals surface area contributed by atoms with Gasteiger partial charge in [0.1, 0.15) is 37.2 Å². The Morgan fingerprint density at radius 3 is 2.55 bits per heavy atom. The van der Waals surface area contributed by atoms with Gasteiger partial charge in [0, 0.05) is 31.3 Å². The maximum absolute atomic E-state index is 15.1. The molecule has 0 radical (unpaired) electrons. The molecule has 2 aromatic rings. The number of halogens is 3. The van der Waals surface area contributed by atoms with Crippen LogP contribution in [0.3, 0.4) is 0 Å². The van der Waals surface area contributed by atoms with E-state index in [4.69, 9.17) is 9.47 Å². The normalized spacial score (nSPS) is 26.5. The molecule has 0 heterocycles. The number of alkyl halides is 2. The number of aliphatic hydroxyl groups is 1. The molecule has 0 aliphatic heterocycles. The summed E-state index contributed by atoms with van der Waals surface area (Å²) in [5.41, 5.74) is 1.05. The summed E-state index contributed by atoms with van der Waals surface area (Å²) >= 11 is 0. The molecular formula is C23H22F3NO5S. The Hall–Kier alpha value is -2.45. The number of rotatable bonds is 5. The van der Waals surface area contributed by atoms with Gasteiger partial charge in [0.2, 0.25) is 0 Å². The van der Waals surface area contributed by atoms with Crippen molar-refractivity contribution in [2.75, 3.05) is 20.2 Å². The van der Waals surface area contributed by atoms with Gasteiger partial charge in [0.05, 0.1) is 16.5 Å². The van der Waals surface area contributed by atoms with Crippen molar-refractivity contribution in [3.63, 3.8) is 0 Å². The number of nitriles is 1. The lowest BCUT2D eigenvalue weighted by molar-refractivity contribution is -0.0939. The Balaban J connectivity index is 1.97. The van der Waals surface area contributed by atoms with Crippen molar-refractivity contribution < 1.29 is 36.2 Å². The van der Waals surface area contributed by atoms with E-state index in [9.17, 15) is 27.6 Å². The molecule has 0 unspecified atom stereocenters. The third-order valence-electron chi connectivity index (χ3n) is 6.27. The number of ether oxygens (including phenoxy) is 2. The van der Waals surface area contributed by atoms with Gasteiger partial charge in [-0.15, -0.1) is 0 Å². The number of aliphatic hydroxyl groups excluding tert-OH is 1. The Morgan fingerprint density at radius 2 is 1.91 bits per heavy atom. The SMILES string of the molecule is COCO[C@H]1c2c(S(C)(=O)=O)ccc([C@H]3C[C@@H](F)[C@@H](O)c4cc(F)cc(C#N)c43)c2C[C@H]1F. The fourth-order valence-corrected chi connectivity index (χ4v) is 5.93. The molecule has 176 valence electrons. The lowest BCUT2D eigenvalue weighted by atomic mass is 9.73. The van der Waals surface area contributed by atoms with E-state index >= 15 is 4.39 Å². The fraction of sp³-hybridized carbons (Fsp3) is 0.435. The Labute approximate surface area is 189 Å². The lowest BCUT2D eigenvalue weighted by Crippen LogP contribution is -2.27. The summed E-state index contributed by atoms with van der Waals surface area (Å²) in [6, 6.07) is 6.69. The minimum Gasteiger partial charge on any atom is -0.385 e. The van der Waals surface area contributed by atoms with Crippen LogP contribution in [0.1, 0.15) is 57.9 Å². The molecule has 2 aliphatic rings. The highest BCUT2D eigenvalue weighted by atomic mass is 32.2. The smallest absolute Gasteiger partial charge is 0.175 e. The second kappa shape index (κ2) is 8.72. The monoisotopic (exact) mass is 481 g/mol. The number of benzene rings is 2. The van der Waals surface area contributed by atoms with Gasteiger partial charge < -0.3 is 14.6 Å². The molecule has 2 aliphatic carbocycles. The molecule has 0 amide bonds. The zero-order valence-electron chi connectivity index (χ0n) is 17.9. The van der Waals surface area contributed by atoms with Gasteiger partial charge in [-0.2, -0.15) is 5.26 Å². The topological polar surface area (TPSA) is 96.6 Å². The van der Waals surface area contributed by atoms with Crippen molar-refractivity contribution in [2.24, 2.45) is 0 Å². The maximum atomic E-state index is 15.1. The first-order valence-corrected chi connectivity index (χ1v) is 12.1. The molecule has 0 fully saturated rings. The number of hydrogen-bond acceptors (Lipinski definition) is 6. The summed E-state index contributed by atoms with van der Waals surface area (Å²) in [5.74, 6) is -1.60. The van der Waals surface area contributed by atoms with E-state index in [1.165, 1.54) is 19.2 Å². The Morgan fingerprint density at radius 1 is 1.18 bits per heavy atom. The lowest BCUT2D eigenvalue weighted by Gasteiger charge is -2.34. The van der Waals surface area contributed by atoms with E-state index in [2.05, 4.69) is 0 Å². The largest absolute Gasteiger partial charge is 0.385 e. The Kier molecular flexibility index (Phi) is 6.26. The highest BCUT2D eigenvalue weighted by Crippen LogP contribution is 2.49. The van der Waals surface area contributed by atoms with Crippen molar-refractivity contribution in [1.82, 2.24) is 0 Å². The van der Waals surface area contributed by atoms with Crippen LogP contribution < -0.4 is 0 Å². The van der Waals surface area contributed by atoms with Gasteiger partial charge in [-0.1, -0.05) is 6.07 Å². The van der Waals surface area contributed by atoms with E-state index in [0.29, 0.717) is 11.1 Å². The first-order chi connectivity index (χ1) is 15.6. The van der Waals surface area contributed by atoms with E-state index in [-0.39, 0.29) is 46.8 Å². The fourth-order valence-electron chi connectivity index (χ4n) is 4.98. The van der Waals surface area contributed by atoms with Crippen LogP contribution in [0.2, 0.25) is 0 Å². The second-order valence-corrected chi connectivity index (χ2v) is 10.3. The van der Waals surface area contributed by atoms with E-state index in [1.807, 2.05) is 6.07 Å². The van der Waals surface area contributed by atoms with Gasteiger partial charge >= 0.3 is 0 Å². The minimum atomic E-state index is -3.76. The van der Waals surface area contributed by atoms with Crippen molar-refractivity contribution in [1.29, 1.82) is 5.26 Å². The summed E-state index contributed by atoms with van der Waals surface area (Å²) in [4.78, 5) is -0.102. The molecule has 10 heteroatoms. The molecule has 0 saturated heterocycles. The van der Waals surface area contributed by atoms with Gasteiger partial charge in [0.15, 0.2) is 9.84 Å². The molecule has 6 nitrogen and oxygen atoms in total. The number of nitrogens with zero attached hydrogens (tertiary/aromatic N) is 1. The third-order valence-corrected chi connectivity index (χ3v) is 7.43. The van der Waals surface area contributed by atoms with Crippen LogP contribution in [0.15, 0.2) is 29.2 Å². The summed E-state index contributed by atoms with van der Waals surface area (Å²) in [6.07, 6.45) is -5.57. The zero-order chi connectivity index (χ0) is 24.1. The summed E-state index contributed by atoms with van der Waals surface area (Å²) in [7, 11) is -2.41. The molecule has 5 atom stereocenters. The molecule has 0 bridgehead atoms. The average molecular weight is 481 g/mol. The molecule has 2 aromatic carbocycles. The summed E-state index contributed by atoms with van der Waals surface area (Å²) < 4.78 is 79.2. The van der Waals surface area contributed by atoms with Crippen LogP contribution in [0.4, 0.5) is 13.2 Å². The van der Waals surface area contributed by atoms with Gasteiger partial charge in [-0.25, -0.2) is 21.6 Å². The second-order valence-electron chi connectivity index (χ2n) is 8.35. The van der Waals surface area contributed by atoms with Crippen LogP contribution >= 0.6 is 0 Å². The minimum absolute atomic E-state index is 0.0433. The molecule has 33 heavy (non-hydrogen) atoms. The van der Waals surface area contributed by atoms with Crippen LogP contribution in [-0.4, -0.2) is 46.0 Å². The predicted octanol–water partition coefficient (Wildman–Crippen LogP) is 3.56. The van der Waals surface area contributed by atoms with Crippen molar-refractivity contribution in [3.05, 3.63) is 63.5 Å². The number of fused-ring (bicyclic) bond motifs is 2.